The molecule has 1 N–H and O–H groups in total. The second-order valence-electron chi connectivity index (χ2n) is 4.48. The summed E-state index contributed by atoms with van der Waals surface area (Å²) in [7, 11) is 0. The zero-order valence-electron chi connectivity index (χ0n) is 10.7. The maximum Gasteiger partial charge on any atom is 0.251 e. The Morgan fingerprint density at radius 3 is 2.76 bits per heavy atom. The van der Waals surface area contributed by atoms with Crippen molar-refractivity contribution in [2.24, 2.45) is 0 Å². The fourth-order valence-electron chi connectivity index (χ4n) is 1.62. The summed E-state index contributed by atoms with van der Waals surface area (Å²) in [5, 5.41) is 3.02. The van der Waals surface area contributed by atoms with Gasteiger partial charge in [-0.05, 0) is 38.0 Å². The summed E-state index contributed by atoms with van der Waals surface area (Å²) in [6.45, 7) is 6.22. The van der Waals surface area contributed by atoms with E-state index in [0.717, 1.165) is 29.3 Å². The predicted molar refractivity (Wildman–Crippen MR) is 75.3 cm³/mol. The molecule has 0 aliphatic heterocycles. The fraction of sp³-hybridized carbons (Fsp3) is 0.500. The number of hydrogen-bond donors (Lipinski definition) is 1. The Kier molecular flexibility index (Phi) is 5.69. The summed E-state index contributed by atoms with van der Waals surface area (Å²) in [6, 6.07) is 5.93. The zero-order valence-corrected chi connectivity index (χ0v) is 12.3. The van der Waals surface area contributed by atoms with Crippen molar-refractivity contribution >= 4 is 21.8 Å². The van der Waals surface area contributed by atoms with E-state index in [4.69, 9.17) is 0 Å². The molecule has 17 heavy (non-hydrogen) atoms. The van der Waals surface area contributed by atoms with Crippen molar-refractivity contribution in [2.75, 3.05) is 0 Å². The molecule has 1 rings (SSSR count). The third-order valence-corrected chi connectivity index (χ3v) is 3.66. The van der Waals surface area contributed by atoms with E-state index in [1.165, 1.54) is 0 Å². The van der Waals surface area contributed by atoms with Crippen LogP contribution in [0.1, 0.15) is 49.0 Å². The molecule has 3 heteroatoms. The van der Waals surface area contributed by atoms with E-state index in [2.05, 4.69) is 35.1 Å². The van der Waals surface area contributed by atoms with Crippen molar-refractivity contribution in [3.8, 4) is 0 Å². The van der Waals surface area contributed by atoms with Crippen LogP contribution in [0, 0.1) is 6.92 Å². The number of amides is 1. The van der Waals surface area contributed by atoms with E-state index in [1.807, 2.05) is 25.1 Å². The number of unbranched alkanes of at least 4 members (excludes halogenated alkanes) is 1. The Morgan fingerprint density at radius 1 is 1.47 bits per heavy atom. The van der Waals surface area contributed by atoms with Crippen molar-refractivity contribution < 1.29 is 4.79 Å². The first-order chi connectivity index (χ1) is 8.04. The Hall–Kier alpha value is -0.830. The summed E-state index contributed by atoms with van der Waals surface area (Å²) < 4.78 is 0.978. The van der Waals surface area contributed by atoms with E-state index in [9.17, 15) is 4.79 Å². The summed E-state index contributed by atoms with van der Waals surface area (Å²) in [5.41, 5.74) is 1.85. The normalized spacial score (nSPS) is 12.2. The number of carbonyl (C=O) groups excluding carboxylic acids is 1. The van der Waals surface area contributed by atoms with Gasteiger partial charge in [0.1, 0.15) is 0 Å². The Morgan fingerprint density at radius 2 is 2.18 bits per heavy atom. The summed E-state index contributed by atoms with van der Waals surface area (Å²) in [4.78, 5) is 11.9. The third-order valence-electron chi connectivity index (χ3n) is 2.80. The lowest BCUT2D eigenvalue weighted by molar-refractivity contribution is 0.0938. The second kappa shape index (κ2) is 6.80. The summed E-state index contributed by atoms with van der Waals surface area (Å²) >= 11 is 3.44. The summed E-state index contributed by atoms with van der Waals surface area (Å²) in [5.74, 6) is 0.00861. The highest BCUT2D eigenvalue weighted by Crippen LogP contribution is 2.17. The van der Waals surface area contributed by atoms with Crippen molar-refractivity contribution in [3.63, 3.8) is 0 Å². The van der Waals surface area contributed by atoms with Crippen LogP contribution < -0.4 is 5.32 Å². The van der Waals surface area contributed by atoms with E-state index < -0.39 is 0 Å². The fourth-order valence-corrected chi connectivity index (χ4v) is 2.00. The van der Waals surface area contributed by atoms with E-state index in [0.29, 0.717) is 5.56 Å². The van der Waals surface area contributed by atoms with Gasteiger partial charge < -0.3 is 5.32 Å². The van der Waals surface area contributed by atoms with Gasteiger partial charge in [-0.25, -0.2) is 0 Å². The van der Waals surface area contributed by atoms with Crippen LogP contribution in [0.3, 0.4) is 0 Å². The van der Waals surface area contributed by atoms with Gasteiger partial charge in [-0.2, -0.15) is 0 Å². The van der Waals surface area contributed by atoms with Crippen LogP contribution in [0.2, 0.25) is 0 Å². The van der Waals surface area contributed by atoms with Crippen molar-refractivity contribution in [2.45, 2.75) is 46.1 Å². The van der Waals surface area contributed by atoms with Gasteiger partial charge in [0.05, 0.1) is 0 Å². The average Bonchev–Trinajstić information content (AvgIpc) is 2.30. The monoisotopic (exact) mass is 297 g/mol. The molecular weight excluding hydrogens is 278 g/mol. The minimum absolute atomic E-state index is 0.00861. The Labute approximate surface area is 112 Å². The maximum atomic E-state index is 11.9. The maximum absolute atomic E-state index is 11.9. The highest BCUT2D eigenvalue weighted by molar-refractivity contribution is 9.10. The second-order valence-corrected chi connectivity index (χ2v) is 5.34. The zero-order chi connectivity index (χ0) is 12.8. The largest absolute Gasteiger partial charge is 0.350 e. The van der Waals surface area contributed by atoms with Crippen molar-refractivity contribution in [1.29, 1.82) is 0 Å². The first-order valence-electron chi connectivity index (χ1n) is 6.11. The van der Waals surface area contributed by atoms with Crippen molar-refractivity contribution in [3.05, 3.63) is 33.8 Å². The van der Waals surface area contributed by atoms with Crippen LogP contribution >= 0.6 is 15.9 Å². The van der Waals surface area contributed by atoms with Gasteiger partial charge in [0, 0.05) is 16.1 Å². The molecule has 1 amide bonds. The van der Waals surface area contributed by atoms with Gasteiger partial charge in [0.2, 0.25) is 0 Å². The molecule has 0 aromatic heterocycles. The Bertz CT molecular complexity index is 390. The topological polar surface area (TPSA) is 29.1 Å². The van der Waals surface area contributed by atoms with Crippen LogP contribution in [-0.2, 0) is 0 Å². The van der Waals surface area contributed by atoms with Crippen LogP contribution in [0.5, 0.6) is 0 Å². The van der Waals surface area contributed by atoms with Gasteiger partial charge in [-0.1, -0.05) is 41.8 Å². The van der Waals surface area contributed by atoms with Gasteiger partial charge >= 0.3 is 0 Å². The summed E-state index contributed by atoms with van der Waals surface area (Å²) in [6.07, 6.45) is 3.35. The first-order valence-corrected chi connectivity index (χ1v) is 6.91. The molecule has 1 aromatic rings. The molecule has 0 saturated heterocycles. The number of benzene rings is 1. The molecule has 0 saturated carbocycles. The molecule has 94 valence electrons. The van der Waals surface area contributed by atoms with Gasteiger partial charge in [0.15, 0.2) is 0 Å². The molecule has 0 aliphatic carbocycles. The van der Waals surface area contributed by atoms with Gasteiger partial charge in [-0.3, -0.25) is 4.79 Å². The lowest BCUT2D eigenvalue weighted by atomic mass is 10.1. The van der Waals surface area contributed by atoms with Crippen LogP contribution in [-0.4, -0.2) is 11.9 Å². The number of aryl methyl sites for hydroxylation is 1. The molecular formula is C14H20BrNO. The Balaban J connectivity index is 2.60. The molecule has 1 atom stereocenters. The molecule has 0 radical (unpaired) electrons. The molecule has 0 heterocycles. The van der Waals surface area contributed by atoms with E-state index >= 15 is 0 Å². The lowest BCUT2D eigenvalue weighted by Gasteiger charge is -2.13. The van der Waals surface area contributed by atoms with Crippen LogP contribution in [0.15, 0.2) is 22.7 Å². The number of hydrogen-bond acceptors (Lipinski definition) is 1. The van der Waals surface area contributed by atoms with E-state index in [-0.39, 0.29) is 11.9 Å². The minimum atomic E-state index is 0.00861. The SMILES string of the molecule is CCCCC(C)NC(=O)c1ccc(C)c(Br)c1. The average molecular weight is 298 g/mol. The molecule has 1 unspecified atom stereocenters. The predicted octanol–water partition coefficient (Wildman–Crippen LogP) is 4.07. The number of nitrogens with one attached hydrogen (secondary N) is 1. The number of carbonyl (C=O) groups is 1. The first kappa shape index (κ1) is 14.2. The number of halogens is 1. The highest BCUT2D eigenvalue weighted by Gasteiger charge is 2.10. The molecule has 2 nitrogen and oxygen atoms in total. The standard InChI is InChI=1S/C14H20BrNO/c1-4-5-6-11(3)16-14(17)12-8-7-10(2)13(15)9-12/h7-9,11H,4-6H2,1-3H3,(H,16,17). The van der Waals surface area contributed by atoms with Crippen LogP contribution in [0.4, 0.5) is 0 Å². The minimum Gasteiger partial charge on any atom is -0.350 e. The van der Waals surface area contributed by atoms with Gasteiger partial charge in [0.25, 0.3) is 5.91 Å². The smallest absolute Gasteiger partial charge is 0.251 e. The lowest BCUT2D eigenvalue weighted by Crippen LogP contribution is -2.32. The quantitative estimate of drug-likeness (QED) is 0.872. The van der Waals surface area contributed by atoms with E-state index in [1.54, 1.807) is 0 Å². The molecule has 0 aliphatic rings. The molecule has 0 bridgehead atoms. The van der Waals surface area contributed by atoms with Gasteiger partial charge in [-0.15, -0.1) is 0 Å². The molecule has 0 spiro atoms. The number of rotatable bonds is 5. The molecule has 1 aromatic carbocycles. The molecule has 0 fully saturated rings. The highest BCUT2D eigenvalue weighted by atomic mass is 79.9. The third kappa shape index (κ3) is 4.50. The van der Waals surface area contributed by atoms with Crippen molar-refractivity contribution in [1.82, 2.24) is 5.32 Å². The van der Waals surface area contributed by atoms with Crippen LogP contribution in [0.25, 0.3) is 0 Å².